The zero-order chi connectivity index (χ0) is 14.1. The third-order valence-corrected chi connectivity index (χ3v) is 3.65. The summed E-state index contributed by atoms with van der Waals surface area (Å²) < 4.78 is 2.03. The molecule has 0 spiro atoms. The third kappa shape index (κ3) is 2.85. The number of imidazole rings is 1. The summed E-state index contributed by atoms with van der Waals surface area (Å²) in [5, 5.41) is 0. The fourth-order valence-corrected chi connectivity index (χ4v) is 2.68. The third-order valence-electron chi connectivity index (χ3n) is 3.65. The van der Waals surface area contributed by atoms with Crippen LogP contribution in [0, 0.1) is 19.9 Å². The summed E-state index contributed by atoms with van der Waals surface area (Å²) >= 11 is 0. The number of benzene rings is 2. The number of rotatable bonds is 2. The molecule has 1 aromatic heterocycles. The molecule has 1 heterocycles. The van der Waals surface area contributed by atoms with E-state index >= 15 is 0 Å². The second-order valence-electron chi connectivity index (χ2n) is 5.09. The van der Waals surface area contributed by atoms with Crippen molar-refractivity contribution >= 4 is 0 Å². The number of nitrogens with zero attached hydrogens (tertiary/aromatic N) is 2. The van der Waals surface area contributed by atoms with Crippen molar-refractivity contribution in [2.24, 2.45) is 7.05 Å². The Morgan fingerprint density at radius 1 is 1.05 bits per heavy atom. The van der Waals surface area contributed by atoms with E-state index in [0.717, 1.165) is 11.4 Å². The Morgan fingerprint density at radius 3 is 2.38 bits per heavy atom. The maximum atomic E-state index is 4.46. The molecular formula is C18H17IrN2-. The standard InChI is InChI=1S/C18H17N2.Ir/c1-13-7-6-8-14(2)17(13)15-9-4-5-10-16(15)18-19-11-12-20(18)3;/h4-9,11-12H,1-3H3;/q-1;. The van der Waals surface area contributed by atoms with E-state index in [1.165, 1.54) is 22.3 Å². The van der Waals surface area contributed by atoms with Crippen LogP contribution in [0.1, 0.15) is 11.1 Å². The smallest absolute Gasteiger partial charge is 0.0561 e. The Balaban J connectivity index is 0.00000161. The van der Waals surface area contributed by atoms with Gasteiger partial charge in [-0.2, -0.15) is 0 Å². The summed E-state index contributed by atoms with van der Waals surface area (Å²) in [6.45, 7) is 4.30. The molecule has 2 aromatic carbocycles. The van der Waals surface area contributed by atoms with Crippen molar-refractivity contribution in [3.05, 3.63) is 66.0 Å². The number of aryl methyl sites for hydroxylation is 3. The number of aromatic nitrogens is 2. The molecule has 1 radical (unpaired) electrons. The molecule has 3 rings (SSSR count). The first-order chi connectivity index (χ1) is 9.68. The van der Waals surface area contributed by atoms with Gasteiger partial charge in [-0.05, 0) is 13.8 Å². The second-order valence-corrected chi connectivity index (χ2v) is 5.09. The van der Waals surface area contributed by atoms with Gasteiger partial charge in [0.15, 0.2) is 0 Å². The normalized spacial score (nSPS) is 10.2. The van der Waals surface area contributed by atoms with Gasteiger partial charge in [-0.15, -0.1) is 29.8 Å². The van der Waals surface area contributed by atoms with Gasteiger partial charge in [0.2, 0.25) is 0 Å². The summed E-state index contributed by atoms with van der Waals surface area (Å²) in [5.74, 6) is 0.947. The predicted molar refractivity (Wildman–Crippen MR) is 82.4 cm³/mol. The topological polar surface area (TPSA) is 17.8 Å². The van der Waals surface area contributed by atoms with Crippen molar-refractivity contribution in [3.63, 3.8) is 0 Å². The minimum absolute atomic E-state index is 0. The van der Waals surface area contributed by atoms with E-state index in [4.69, 9.17) is 0 Å². The SMILES string of the molecule is Cc1cccc(C)c1-c1ccc[c-]c1-c1nccn1C.[Ir]. The zero-order valence-corrected chi connectivity index (χ0v) is 14.7. The van der Waals surface area contributed by atoms with Gasteiger partial charge in [-0.3, -0.25) is 4.98 Å². The number of hydrogen-bond acceptors (Lipinski definition) is 1. The molecule has 109 valence electrons. The first-order valence-electron chi connectivity index (χ1n) is 6.73. The van der Waals surface area contributed by atoms with Crippen LogP contribution in [-0.4, -0.2) is 9.55 Å². The monoisotopic (exact) mass is 454 g/mol. The van der Waals surface area contributed by atoms with Crippen LogP contribution in [0.3, 0.4) is 0 Å². The minimum Gasteiger partial charge on any atom is -0.373 e. The van der Waals surface area contributed by atoms with E-state index in [9.17, 15) is 0 Å². The molecule has 0 N–H and O–H groups in total. The van der Waals surface area contributed by atoms with Crippen molar-refractivity contribution in [3.8, 4) is 22.5 Å². The fourth-order valence-electron chi connectivity index (χ4n) is 2.68. The Morgan fingerprint density at radius 2 is 1.76 bits per heavy atom. The van der Waals surface area contributed by atoms with Crippen molar-refractivity contribution in [1.29, 1.82) is 0 Å². The zero-order valence-electron chi connectivity index (χ0n) is 12.3. The Kier molecular flexibility index (Phi) is 4.76. The quantitative estimate of drug-likeness (QED) is 0.533. The predicted octanol–water partition coefficient (Wildman–Crippen LogP) is 4.17. The van der Waals surface area contributed by atoms with Crippen LogP contribution in [0.5, 0.6) is 0 Å². The molecule has 3 heteroatoms. The molecule has 0 aliphatic rings. The van der Waals surface area contributed by atoms with Crippen molar-refractivity contribution < 1.29 is 20.1 Å². The maximum Gasteiger partial charge on any atom is 0.0561 e. The molecule has 0 aliphatic heterocycles. The van der Waals surface area contributed by atoms with Crippen LogP contribution >= 0.6 is 0 Å². The van der Waals surface area contributed by atoms with E-state index in [0.29, 0.717) is 0 Å². The molecule has 0 unspecified atom stereocenters. The van der Waals surface area contributed by atoms with Gasteiger partial charge in [0.1, 0.15) is 0 Å². The van der Waals surface area contributed by atoms with E-state index in [-0.39, 0.29) is 20.1 Å². The van der Waals surface area contributed by atoms with Gasteiger partial charge in [0, 0.05) is 39.5 Å². The van der Waals surface area contributed by atoms with Gasteiger partial charge < -0.3 is 4.57 Å². The first-order valence-corrected chi connectivity index (χ1v) is 6.73. The van der Waals surface area contributed by atoms with Crippen molar-refractivity contribution in [2.75, 3.05) is 0 Å². The van der Waals surface area contributed by atoms with Gasteiger partial charge in [0.05, 0.1) is 5.82 Å². The number of hydrogen-bond donors (Lipinski definition) is 0. The molecule has 0 saturated carbocycles. The minimum atomic E-state index is 0. The van der Waals surface area contributed by atoms with E-state index in [2.05, 4.69) is 49.2 Å². The van der Waals surface area contributed by atoms with E-state index < -0.39 is 0 Å². The van der Waals surface area contributed by atoms with Gasteiger partial charge in [-0.1, -0.05) is 40.5 Å². The Bertz CT molecular complexity index is 739. The molecule has 0 aliphatic carbocycles. The molecular weight excluding hydrogens is 436 g/mol. The summed E-state index contributed by atoms with van der Waals surface area (Å²) in [6.07, 6.45) is 3.79. The van der Waals surface area contributed by atoms with Crippen molar-refractivity contribution in [1.82, 2.24) is 9.55 Å². The van der Waals surface area contributed by atoms with Gasteiger partial charge in [-0.25, -0.2) is 0 Å². The van der Waals surface area contributed by atoms with Crippen LogP contribution in [0.4, 0.5) is 0 Å². The van der Waals surface area contributed by atoms with Crippen LogP contribution in [0.2, 0.25) is 0 Å². The summed E-state index contributed by atoms with van der Waals surface area (Å²) in [7, 11) is 2.01. The maximum absolute atomic E-state index is 4.46. The molecule has 0 saturated heterocycles. The molecule has 0 bridgehead atoms. The molecule has 0 atom stereocenters. The average molecular weight is 454 g/mol. The largest absolute Gasteiger partial charge is 0.373 e. The van der Waals surface area contributed by atoms with E-state index in [1.807, 2.05) is 36.1 Å². The fraction of sp³-hybridized carbons (Fsp3) is 0.167. The van der Waals surface area contributed by atoms with Gasteiger partial charge in [0.25, 0.3) is 0 Å². The molecule has 0 fully saturated rings. The van der Waals surface area contributed by atoms with E-state index in [1.54, 1.807) is 0 Å². The molecule has 2 nitrogen and oxygen atoms in total. The summed E-state index contributed by atoms with van der Waals surface area (Å²) in [5.41, 5.74) is 6.08. The second kappa shape index (κ2) is 6.38. The Hall–Kier alpha value is -1.70. The van der Waals surface area contributed by atoms with Crippen LogP contribution < -0.4 is 0 Å². The molecule has 0 amide bonds. The summed E-state index contributed by atoms with van der Waals surface area (Å²) in [4.78, 5) is 4.46. The van der Waals surface area contributed by atoms with Crippen molar-refractivity contribution in [2.45, 2.75) is 13.8 Å². The summed E-state index contributed by atoms with van der Waals surface area (Å²) in [6, 6.07) is 15.9. The Labute approximate surface area is 139 Å². The van der Waals surface area contributed by atoms with Crippen LogP contribution in [0.25, 0.3) is 22.5 Å². The van der Waals surface area contributed by atoms with Gasteiger partial charge >= 0.3 is 0 Å². The molecule has 21 heavy (non-hydrogen) atoms. The van der Waals surface area contributed by atoms with Crippen LogP contribution in [0.15, 0.2) is 48.8 Å². The average Bonchev–Trinajstić information content (AvgIpc) is 2.85. The first kappa shape index (κ1) is 15.7. The van der Waals surface area contributed by atoms with Crippen LogP contribution in [-0.2, 0) is 27.2 Å². The molecule has 3 aromatic rings.